The number of hydrogen-bond acceptors (Lipinski definition) is 3. The van der Waals surface area contributed by atoms with Crippen LogP contribution in [0.25, 0.3) is 16.9 Å². The predicted molar refractivity (Wildman–Crippen MR) is 98.4 cm³/mol. The molecule has 0 saturated carbocycles. The van der Waals surface area contributed by atoms with Gasteiger partial charge in [-0.1, -0.05) is 48.9 Å². The summed E-state index contributed by atoms with van der Waals surface area (Å²) in [6.45, 7) is 2.04. The quantitative estimate of drug-likeness (QED) is 0.463. The van der Waals surface area contributed by atoms with E-state index in [0.717, 1.165) is 33.2 Å². The van der Waals surface area contributed by atoms with Gasteiger partial charge in [-0.2, -0.15) is 5.10 Å². The van der Waals surface area contributed by atoms with Crippen LogP contribution < -0.4 is 4.80 Å². The molecular formula is C18H16ClN3S. The molecule has 5 heteroatoms. The lowest BCUT2D eigenvalue weighted by Gasteiger charge is -2.08. The third kappa shape index (κ3) is 3.60. The van der Waals surface area contributed by atoms with E-state index in [1.54, 1.807) is 17.6 Å². The molecule has 0 aliphatic carbocycles. The van der Waals surface area contributed by atoms with Crippen LogP contribution in [0, 0.1) is 0 Å². The summed E-state index contributed by atoms with van der Waals surface area (Å²) in [6, 6.07) is 18.0. The van der Waals surface area contributed by atoms with E-state index in [1.165, 1.54) is 0 Å². The van der Waals surface area contributed by atoms with Crippen molar-refractivity contribution in [2.45, 2.75) is 13.3 Å². The first-order valence-corrected chi connectivity index (χ1v) is 8.63. The zero-order valence-electron chi connectivity index (χ0n) is 12.7. The van der Waals surface area contributed by atoms with E-state index < -0.39 is 0 Å². The monoisotopic (exact) mass is 341 g/mol. The highest BCUT2D eigenvalue weighted by Gasteiger charge is 2.09. The van der Waals surface area contributed by atoms with Crippen LogP contribution in [0.15, 0.2) is 70.2 Å². The Balaban J connectivity index is 2.19. The summed E-state index contributed by atoms with van der Waals surface area (Å²) in [5.41, 5.74) is 3.22. The maximum atomic E-state index is 6.00. The van der Waals surface area contributed by atoms with Crippen molar-refractivity contribution in [2.75, 3.05) is 0 Å². The molecule has 0 amide bonds. The molecule has 116 valence electrons. The number of rotatable bonds is 4. The zero-order chi connectivity index (χ0) is 16.1. The number of thiazole rings is 1. The summed E-state index contributed by atoms with van der Waals surface area (Å²) < 4.78 is 2.11. The minimum Gasteiger partial charge on any atom is -0.284 e. The van der Waals surface area contributed by atoms with Gasteiger partial charge in [0, 0.05) is 22.3 Å². The average molecular weight is 342 g/mol. The molecular weight excluding hydrogens is 326 g/mol. The topological polar surface area (TPSA) is 29.6 Å². The van der Waals surface area contributed by atoms with Gasteiger partial charge in [-0.25, -0.2) is 0 Å². The summed E-state index contributed by atoms with van der Waals surface area (Å²) in [6.07, 6.45) is 2.67. The normalized spacial score (nSPS) is 12.2. The van der Waals surface area contributed by atoms with Gasteiger partial charge in [0.25, 0.3) is 0 Å². The largest absolute Gasteiger partial charge is 0.284 e. The number of aromatic nitrogens is 1. The number of hydrogen-bond donors (Lipinski definition) is 0. The predicted octanol–water partition coefficient (Wildman–Crippen LogP) is 5.16. The highest BCUT2D eigenvalue weighted by atomic mass is 35.5. The molecule has 0 saturated heterocycles. The van der Waals surface area contributed by atoms with Crippen molar-refractivity contribution in [3.05, 3.63) is 69.8 Å². The van der Waals surface area contributed by atoms with Crippen LogP contribution in [0.2, 0.25) is 5.02 Å². The fourth-order valence-corrected chi connectivity index (χ4v) is 3.19. The molecule has 0 N–H and O–H groups in total. The van der Waals surface area contributed by atoms with Gasteiger partial charge in [0.2, 0.25) is 4.80 Å². The fourth-order valence-electron chi connectivity index (χ4n) is 2.20. The van der Waals surface area contributed by atoms with E-state index in [9.17, 15) is 0 Å². The van der Waals surface area contributed by atoms with Crippen molar-refractivity contribution in [2.24, 2.45) is 10.2 Å². The summed E-state index contributed by atoms with van der Waals surface area (Å²) in [5.74, 6) is 0. The maximum Gasteiger partial charge on any atom is 0.215 e. The Morgan fingerprint density at radius 2 is 1.83 bits per heavy atom. The molecule has 3 rings (SSSR count). The molecule has 0 atom stereocenters. The molecule has 23 heavy (non-hydrogen) atoms. The Hall–Kier alpha value is -2.17. The Bertz CT molecular complexity index is 861. The molecule has 0 aliphatic heterocycles. The summed E-state index contributed by atoms with van der Waals surface area (Å²) >= 11 is 7.57. The Kier molecular flexibility index (Phi) is 5.05. The van der Waals surface area contributed by atoms with Gasteiger partial charge in [0.15, 0.2) is 0 Å². The summed E-state index contributed by atoms with van der Waals surface area (Å²) in [4.78, 5) is 0.839. The molecule has 0 spiro atoms. The lowest BCUT2D eigenvalue weighted by molar-refractivity contribution is 0.970. The van der Waals surface area contributed by atoms with E-state index in [4.69, 9.17) is 11.6 Å². The van der Waals surface area contributed by atoms with Crippen molar-refractivity contribution in [1.29, 1.82) is 0 Å². The number of halogens is 1. The van der Waals surface area contributed by atoms with Gasteiger partial charge < -0.3 is 0 Å². The molecule has 3 aromatic rings. The van der Waals surface area contributed by atoms with Gasteiger partial charge >= 0.3 is 0 Å². The zero-order valence-corrected chi connectivity index (χ0v) is 14.3. The lowest BCUT2D eigenvalue weighted by Crippen LogP contribution is -2.13. The second kappa shape index (κ2) is 7.40. The van der Waals surface area contributed by atoms with Crippen LogP contribution in [0.4, 0.5) is 0 Å². The molecule has 0 fully saturated rings. The first kappa shape index (κ1) is 15.7. The summed E-state index contributed by atoms with van der Waals surface area (Å²) in [5, 5.41) is 11.3. The van der Waals surface area contributed by atoms with Gasteiger partial charge in [-0.3, -0.25) is 4.57 Å². The van der Waals surface area contributed by atoms with E-state index in [2.05, 4.69) is 32.3 Å². The van der Waals surface area contributed by atoms with Gasteiger partial charge in [-0.05, 0) is 36.2 Å². The molecule has 0 radical (unpaired) electrons. The van der Waals surface area contributed by atoms with Crippen molar-refractivity contribution >= 4 is 29.2 Å². The minimum atomic E-state index is 0.729. The second-order valence-corrected chi connectivity index (χ2v) is 6.16. The second-order valence-electron chi connectivity index (χ2n) is 4.89. The SMILES string of the molecule is CC/C=N\N=c1/scc(-c2ccc(Cl)cc2)n1-c1ccccc1. The van der Waals surface area contributed by atoms with Crippen LogP contribution in [-0.4, -0.2) is 10.8 Å². The van der Waals surface area contributed by atoms with Crippen LogP contribution in [0.5, 0.6) is 0 Å². The molecule has 0 unspecified atom stereocenters. The third-order valence-electron chi connectivity index (χ3n) is 3.27. The van der Waals surface area contributed by atoms with Crippen LogP contribution >= 0.6 is 22.9 Å². The highest BCUT2D eigenvalue weighted by Crippen LogP contribution is 2.24. The number of para-hydroxylation sites is 1. The molecule has 1 heterocycles. The van der Waals surface area contributed by atoms with Crippen molar-refractivity contribution in [1.82, 2.24) is 4.57 Å². The van der Waals surface area contributed by atoms with E-state index in [-0.39, 0.29) is 0 Å². The van der Waals surface area contributed by atoms with Crippen molar-refractivity contribution in [3.8, 4) is 16.9 Å². The highest BCUT2D eigenvalue weighted by molar-refractivity contribution is 7.07. The summed E-state index contributed by atoms with van der Waals surface area (Å²) in [7, 11) is 0. The number of benzene rings is 2. The third-order valence-corrected chi connectivity index (χ3v) is 4.34. The smallest absolute Gasteiger partial charge is 0.215 e. The fraction of sp³-hybridized carbons (Fsp3) is 0.111. The standard InChI is InChI=1S/C18H16ClN3S/c1-2-12-20-21-18-22(16-6-4-3-5-7-16)17(13-23-18)14-8-10-15(19)11-9-14/h3-13H,2H2,1H3/b20-12-,21-18-. The first-order chi connectivity index (χ1) is 11.3. The van der Waals surface area contributed by atoms with E-state index in [0.29, 0.717) is 0 Å². The van der Waals surface area contributed by atoms with Crippen molar-refractivity contribution < 1.29 is 0 Å². The molecule has 3 nitrogen and oxygen atoms in total. The minimum absolute atomic E-state index is 0.729. The molecule has 0 aliphatic rings. The van der Waals surface area contributed by atoms with Gasteiger partial charge in [-0.15, -0.1) is 16.4 Å². The Morgan fingerprint density at radius 1 is 1.09 bits per heavy atom. The average Bonchev–Trinajstić information content (AvgIpc) is 3.00. The Morgan fingerprint density at radius 3 is 2.52 bits per heavy atom. The molecule has 2 aromatic carbocycles. The van der Waals surface area contributed by atoms with Gasteiger partial charge in [0.1, 0.15) is 0 Å². The lowest BCUT2D eigenvalue weighted by atomic mass is 10.1. The van der Waals surface area contributed by atoms with Crippen LogP contribution in [-0.2, 0) is 0 Å². The first-order valence-electron chi connectivity index (χ1n) is 7.37. The van der Waals surface area contributed by atoms with E-state index in [1.807, 2.05) is 49.4 Å². The van der Waals surface area contributed by atoms with Crippen LogP contribution in [0.3, 0.4) is 0 Å². The van der Waals surface area contributed by atoms with Crippen LogP contribution in [0.1, 0.15) is 13.3 Å². The maximum absolute atomic E-state index is 6.00. The number of nitrogens with zero attached hydrogens (tertiary/aromatic N) is 3. The van der Waals surface area contributed by atoms with E-state index >= 15 is 0 Å². The Labute approximate surface area is 144 Å². The van der Waals surface area contributed by atoms with Gasteiger partial charge in [0.05, 0.1) is 5.69 Å². The molecule has 0 bridgehead atoms. The molecule has 1 aromatic heterocycles. The van der Waals surface area contributed by atoms with Crippen molar-refractivity contribution in [3.63, 3.8) is 0 Å².